The van der Waals surface area contributed by atoms with Gasteiger partial charge in [0.2, 0.25) is 12.7 Å². The number of carbonyl (C=O) groups is 1. The fourth-order valence-corrected chi connectivity index (χ4v) is 8.30. The summed E-state index contributed by atoms with van der Waals surface area (Å²) in [7, 11) is -3.56. The zero-order chi connectivity index (χ0) is 23.0. The van der Waals surface area contributed by atoms with E-state index in [1.54, 1.807) is 12.1 Å². The summed E-state index contributed by atoms with van der Waals surface area (Å²) < 4.78 is 39.4. The van der Waals surface area contributed by atoms with Crippen LogP contribution in [0.2, 0.25) is 0 Å². The number of ether oxygens (including phenoxy) is 2. The van der Waals surface area contributed by atoms with Gasteiger partial charge in [-0.05, 0) is 58.6 Å². The largest absolute Gasteiger partial charge is 0.454 e. The molecule has 8 nitrogen and oxygen atoms in total. The van der Waals surface area contributed by atoms with E-state index in [4.69, 9.17) is 9.47 Å². The molecule has 1 atom stereocenters. The molecule has 5 rings (SSSR count). The fourth-order valence-electron chi connectivity index (χ4n) is 4.61. The Morgan fingerprint density at radius 1 is 1.06 bits per heavy atom. The van der Waals surface area contributed by atoms with Crippen LogP contribution < -0.4 is 9.47 Å². The molecule has 0 spiro atoms. The lowest BCUT2D eigenvalue weighted by molar-refractivity contribution is -0.138. The maximum atomic E-state index is 13.2. The van der Waals surface area contributed by atoms with Gasteiger partial charge in [0.1, 0.15) is 4.21 Å². The van der Waals surface area contributed by atoms with Crippen molar-refractivity contribution >= 4 is 43.2 Å². The molecule has 178 valence electrons. The summed E-state index contributed by atoms with van der Waals surface area (Å²) in [6, 6.07) is 9.37. The van der Waals surface area contributed by atoms with E-state index < -0.39 is 10.0 Å². The van der Waals surface area contributed by atoms with E-state index in [9.17, 15) is 13.2 Å². The van der Waals surface area contributed by atoms with Crippen LogP contribution in [0.1, 0.15) is 18.4 Å². The highest BCUT2D eigenvalue weighted by Crippen LogP contribution is 2.33. The van der Waals surface area contributed by atoms with E-state index in [-0.39, 0.29) is 25.2 Å². The molecule has 33 heavy (non-hydrogen) atoms. The molecular formula is C22H26BrN3O5S2. The van der Waals surface area contributed by atoms with Gasteiger partial charge in [-0.2, -0.15) is 4.31 Å². The van der Waals surface area contributed by atoms with Gasteiger partial charge in [-0.1, -0.05) is 6.07 Å². The molecule has 1 unspecified atom stereocenters. The number of hydrogen-bond donors (Lipinski definition) is 0. The third-order valence-electron chi connectivity index (χ3n) is 6.40. The number of hydrogen-bond acceptors (Lipinski definition) is 7. The molecule has 1 aromatic heterocycles. The van der Waals surface area contributed by atoms with Crippen molar-refractivity contribution in [2.24, 2.45) is 5.92 Å². The number of rotatable bonds is 5. The molecule has 0 aliphatic carbocycles. The highest BCUT2D eigenvalue weighted by molar-refractivity contribution is 9.11. The topological polar surface area (TPSA) is 79.4 Å². The first-order valence-corrected chi connectivity index (χ1v) is 14.1. The molecule has 2 aromatic rings. The van der Waals surface area contributed by atoms with Crippen LogP contribution >= 0.6 is 27.3 Å². The number of amides is 1. The van der Waals surface area contributed by atoms with Crippen molar-refractivity contribution in [3.05, 3.63) is 39.7 Å². The second kappa shape index (κ2) is 9.53. The molecule has 3 aliphatic heterocycles. The van der Waals surface area contributed by atoms with E-state index >= 15 is 0 Å². The number of nitrogens with zero attached hydrogens (tertiary/aromatic N) is 3. The Morgan fingerprint density at radius 2 is 1.85 bits per heavy atom. The molecule has 0 saturated carbocycles. The fraction of sp³-hybridized carbons (Fsp3) is 0.500. The van der Waals surface area contributed by atoms with Crippen LogP contribution in [0.5, 0.6) is 11.5 Å². The van der Waals surface area contributed by atoms with Gasteiger partial charge in [0.15, 0.2) is 11.5 Å². The molecule has 2 saturated heterocycles. The van der Waals surface area contributed by atoms with Crippen LogP contribution in [0.3, 0.4) is 0 Å². The summed E-state index contributed by atoms with van der Waals surface area (Å²) in [6.45, 7) is 4.68. The Morgan fingerprint density at radius 3 is 2.61 bits per heavy atom. The Kier molecular flexibility index (Phi) is 6.67. The van der Waals surface area contributed by atoms with Crippen molar-refractivity contribution in [2.45, 2.75) is 23.6 Å². The normalized spacial score (nSPS) is 22.0. The van der Waals surface area contributed by atoms with E-state index in [2.05, 4.69) is 20.8 Å². The van der Waals surface area contributed by atoms with Crippen LogP contribution in [-0.4, -0.2) is 74.5 Å². The van der Waals surface area contributed by atoms with Crippen molar-refractivity contribution < 1.29 is 22.7 Å². The number of thiophene rings is 1. The van der Waals surface area contributed by atoms with E-state index in [0.717, 1.165) is 46.9 Å². The third kappa shape index (κ3) is 4.93. The number of halogens is 1. The Labute approximate surface area is 206 Å². The van der Waals surface area contributed by atoms with Crippen molar-refractivity contribution in [1.29, 1.82) is 0 Å². The van der Waals surface area contributed by atoms with Crippen LogP contribution in [-0.2, 0) is 21.4 Å². The number of carbonyl (C=O) groups excluding carboxylic acids is 1. The smallest absolute Gasteiger partial charge is 0.252 e. The Hall–Kier alpha value is -1.66. The molecule has 0 radical (unpaired) electrons. The summed E-state index contributed by atoms with van der Waals surface area (Å²) in [5.41, 5.74) is 1.16. The Balaban J connectivity index is 1.16. The summed E-state index contributed by atoms with van der Waals surface area (Å²) in [5.74, 6) is 1.36. The average molecular weight is 557 g/mol. The summed E-state index contributed by atoms with van der Waals surface area (Å²) in [6.07, 6.45) is 1.43. The molecule has 0 N–H and O–H groups in total. The number of piperazine rings is 1. The van der Waals surface area contributed by atoms with Gasteiger partial charge in [0, 0.05) is 45.8 Å². The summed E-state index contributed by atoms with van der Waals surface area (Å²) in [4.78, 5) is 17.4. The highest BCUT2D eigenvalue weighted by Gasteiger charge is 2.36. The first kappa shape index (κ1) is 23.1. The van der Waals surface area contributed by atoms with Gasteiger partial charge in [-0.25, -0.2) is 8.42 Å². The zero-order valence-electron chi connectivity index (χ0n) is 18.1. The summed E-state index contributed by atoms with van der Waals surface area (Å²) in [5, 5.41) is 0. The molecule has 1 aromatic carbocycles. The Bertz CT molecular complexity index is 1130. The number of piperidine rings is 1. The number of sulfonamides is 1. The third-order valence-corrected chi connectivity index (χ3v) is 10.4. The van der Waals surface area contributed by atoms with E-state index in [1.807, 2.05) is 23.1 Å². The number of fused-ring (bicyclic) bond motifs is 1. The molecule has 1 amide bonds. The van der Waals surface area contributed by atoms with Gasteiger partial charge in [-0.15, -0.1) is 11.3 Å². The zero-order valence-corrected chi connectivity index (χ0v) is 21.3. The minimum absolute atomic E-state index is 0.0741. The first-order chi connectivity index (χ1) is 15.9. The van der Waals surface area contributed by atoms with Gasteiger partial charge < -0.3 is 14.4 Å². The highest BCUT2D eigenvalue weighted by atomic mass is 79.9. The van der Waals surface area contributed by atoms with Gasteiger partial charge in [-0.3, -0.25) is 9.69 Å². The molecule has 3 aliphatic rings. The van der Waals surface area contributed by atoms with Crippen LogP contribution in [0, 0.1) is 5.92 Å². The minimum Gasteiger partial charge on any atom is -0.454 e. The maximum Gasteiger partial charge on any atom is 0.252 e. The SMILES string of the molecule is O=C(C1CCCN(S(=O)(=O)c2ccc(Br)s2)C1)N1CCN(Cc2ccc3c(c2)OCO3)CC1. The molecule has 11 heteroatoms. The van der Waals surface area contributed by atoms with Gasteiger partial charge in [0.05, 0.1) is 9.70 Å². The lowest BCUT2D eigenvalue weighted by Gasteiger charge is -2.38. The molecular weight excluding hydrogens is 530 g/mol. The van der Waals surface area contributed by atoms with Gasteiger partial charge in [0.25, 0.3) is 10.0 Å². The lowest BCUT2D eigenvalue weighted by Crippen LogP contribution is -2.52. The second-order valence-corrected chi connectivity index (χ2v) is 13.2. The monoisotopic (exact) mass is 555 g/mol. The maximum absolute atomic E-state index is 13.2. The first-order valence-electron chi connectivity index (χ1n) is 11.1. The van der Waals surface area contributed by atoms with Gasteiger partial charge >= 0.3 is 0 Å². The molecule has 0 bridgehead atoms. The van der Waals surface area contributed by atoms with Crippen LogP contribution in [0.25, 0.3) is 0 Å². The number of benzene rings is 1. The van der Waals surface area contributed by atoms with Crippen molar-refractivity contribution in [3.8, 4) is 11.5 Å². The van der Waals surface area contributed by atoms with Crippen molar-refractivity contribution in [1.82, 2.24) is 14.1 Å². The predicted octanol–water partition coefficient (Wildman–Crippen LogP) is 2.98. The molecule has 2 fully saturated rings. The van der Waals surface area contributed by atoms with Crippen molar-refractivity contribution in [3.63, 3.8) is 0 Å². The predicted molar refractivity (Wildman–Crippen MR) is 128 cm³/mol. The molecule has 4 heterocycles. The van der Waals surface area contributed by atoms with Crippen LogP contribution in [0.4, 0.5) is 0 Å². The minimum atomic E-state index is -3.56. The second-order valence-electron chi connectivity index (χ2n) is 8.55. The quantitative estimate of drug-likeness (QED) is 0.564. The van der Waals surface area contributed by atoms with Crippen molar-refractivity contribution in [2.75, 3.05) is 46.1 Å². The lowest BCUT2D eigenvalue weighted by atomic mass is 9.97. The van der Waals surface area contributed by atoms with E-state index in [1.165, 1.54) is 15.6 Å². The van der Waals surface area contributed by atoms with E-state index in [0.29, 0.717) is 30.3 Å². The standard InChI is InChI=1S/C22H26BrN3O5S2/c23-20-5-6-21(32-20)33(28,29)26-7-1-2-17(14-26)22(27)25-10-8-24(9-11-25)13-16-3-4-18-19(12-16)31-15-30-18/h3-6,12,17H,1-2,7-11,13-15H2. The average Bonchev–Trinajstić information content (AvgIpc) is 3.48. The summed E-state index contributed by atoms with van der Waals surface area (Å²) >= 11 is 4.54. The van der Waals surface area contributed by atoms with Crippen LogP contribution in [0.15, 0.2) is 38.3 Å².